The van der Waals surface area contributed by atoms with Gasteiger partial charge in [0.15, 0.2) is 0 Å². The summed E-state index contributed by atoms with van der Waals surface area (Å²) in [5.74, 6) is 0. The number of nitrogens with one attached hydrogen (secondary N) is 1. The molecule has 0 aromatic heterocycles. The third-order valence-electron chi connectivity index (χ3n) is 6.67. The van der Waals surface area contributed by atoms with Gasteiger partial charge in [0.05, 0.1) is 23.3 Å². The summed E-state index contributed by atoms with van der Waals surface area (Å²) in [5.41, 5.74) is -0.853. The molecule has 2 aromatic rings. The van der Waals surface area contributed by atoms with Gasteiger partial charge >= 0.3 is 6.09 Å². The molecule has 2 saturated heterocycles. The van der Waals surface area contributed by atoms with E-state index in [2.05, 4.69) is 5.32 Å². The Hall–Kier alpha value is -3.20. The molecule has 0 atom stereocenters. The highest BCUT2D eigenvalue weighted by Crippen LogP contribution is 2.37. The summed E-state index contributed by atoms with van der Waals surface area (Å²) in [5, 5.41) is 20.6. The van der Waals surface area contributed by atoms with E-state index in [1.165, 1.54) is 0 Å². The predicted octanol–water partition coefficient (Wildman–Crippen LogP) is 6.28. The monoisotopic (exact) mass is 544 g/mol. The summed E-state index contributed by atoms with van der Waals surface area (Å²) in [6, 6.07) is 17.4. The van der Waals surface area contributed by atoms with Gasteiger partial charge in [-0.05, 0) is 82.1 Å². The van der Waals surface area contributed by atoms with E-state index >= 15 is 4.39 Å². The van der Waals surface area contributed by atoms with Crippen molar-refractivity contribution < 1.29 is 18.3 Å². The minimum Gasteiger partial charge on any atom is -0.444 e. The number of piperidine rings is 2. The molecule has 0 radical (unpaired) electrons. The highest BCUT2D eigenvalue weighted by Gasteiger charge is 2.38. The predicted molar refractivity (Wildman–Crippen MR) is 144 cm³/mol. The average molecular weight is 545 g/mol. The lowest BCUT2D eigenvalue weighted by Gasteiger charge is -2.37. The fraction of sp³-hybridized carbons (Fsp3) is 0.483. The number of carbonyl (C=O) groups excluding carboxylic acids is 1. The zero-order chi connectivity index (χ0) is 27.1. The molecular weight excluding hydrogens is 510 g/mol. The van der Waals surface area contributed by atoms with E-state index in [-0.39, 0.29) is 25.2 Å². The number of nitriles is 2. The normalized spacial score (nSPS) is 17.9. The Labute approximate surface area is 230 Å². The Bertz CT molecular complexity index is 1140. The maximum absolute atomic E-state index is 15.1. The van der Waals surface area contributed by atoms with Gasteiger partial charge in [-0.1, -0.05) is 24.3 Å². The maximum atomic E-state index is 15.1. The number of ether oxygens (including phenoxy) is 1. The van der Waals surface area contributed by atoms with Gasteiger partial charge in [-0.3, -0.25) is 0 Å². The summed E-state index contributed by atoms with van der Waals surface area (Å²) in [6.45, 7) is 7.52. The van der Waals surface area contributed by atoms with Crippen molar-refractivity contribution in [3.63, 3.8) is 0 Å². The van der Waals surface area contributed by atoms with Crippen molar-refractivity contribution in [3.8, 4) is 12.1 Å². The van der Waals surface area contributed by atoms with Gasteiger partial charge in [0.25, 0.3) is 0 Å². The molecule has 1 N–H and O–H groups in total. The fourth-order valence-corrected chi connectivity index (χ4v) is 4.46. The lowest BCUT2D eigenvalue weighted by atomic mass is 9.86. The van der Waals surface area contributed by atoms with Gasteiger partial charge in [0, 0.05) is 25.9 Å². The second kappa shape index (κ2) is 13.0. The Morgan fingerprint density at radius 3 is 1.61 bits per heavy atom. The molecule has 0 bridgehead atoms. The molecule has 9 heteroatoms. The molecule has 204 valence electrons. The maximum Gasteiger partial charge on any atom is 0.410 e. The summed E-state index contributed by atoms with van der Waals surface area (Å²) in [7, 11) is 0. The lowest BCUT2D eigenvalue weighted by molar-refractivity contribution is 0.00220. The van der Waals surface area contributed by atoms with Crippen LogP contribution in [-0.4, -0.2) is 42.8 Å². The number of nitrogens with zero attached hydrogens (tertiary/aromatic N) is 3. The van der Waals surface area contributed by atoms with E-state index in [4.69, 9.17) is 15.3 Å². The van der Waals surface area contributed by atoms with Gasteiger partial charge in [0.2, 0.25) is 0 Å². The van der Waals surface area contributed by atoms with Crippen molar-refractivity contribution in [2.24, 2.45) is 0 Å². The number of alkyl halides is 2. The van der Waals surface area contributed by atoms with Crippen molar-refractivity contribution in [2.45, 2.75) is 63.4 Å². The number of carbonyl (C=O) groups is 1. The molecule has 0 spiro atoms. The summed E-state index contributed by atoms with van der Waals surface area (Å²) in [4.78, 5) is 13.5. The molecule has 2 aliphatic rings. The van der Waals surface area contributed by atoms with Crippen molar-refractivity contribution in [1.29, 1.82) is 10.5 Å². The van der Waals surface area contributed by atoms with Crippen LogP contribution >= 0.6 is 12.4 Å². The number of hydrogen-bond acceptors (Lipinski definition) is 5. The average Bonchev–Trinajstić information content (AvgIpc) is 2.89. The van der Waals surface area contributed by atoms with Crippen LogP contribution in [0.5, 0.6) is 0 Å². The molecule has 2 heterocycles. The van der Waals surface area contributed by atoms with Gasteiger partial charge in [-0.2, -0.15) is 10.5 Å². The third-order valence-corrected chi connectivity index (χ3v) is 6.67. The standard InChI is InChI=1S/C17H21FN2O2.C12H13FN2.ClH/c1-16(2,3)22-15(21)20-10-8-17(18,9-11-20)14-6-4-13(12-19)5-7-14;13-12(5-7-15-8-6-12)11-3-1-10(9-14)2-4-11;/h4-7H,8-11H2,1-3H3;1-4,15H,5-8H2;1H. The van der Waals surface area contributed by atoms with E-state index in [1.807, 2.05) is 32.9 Å². The fourth-order valence-electron chi connectivity index (χ4n) is 4.46. The van der Waals surface area contributed by atoms with Crippen molar-refractivity contribution in [3.05, 3.63) is 70.8 Å². The van der Waals surface area contributed by atoms with Gasteiger partial charge in [-0.15, -0.1) is 12.4 Å². The molecule has 38 heavy (non-hydrogen) atoms. The first kappa shape index (κ1) is 31.0. The Balaban J connectivity index is 0.000000277. The first-order chi connectivity index (χ1) is 17.5. The van der Waals surface area contributed by atoms with Crippen LogP contribution in [0.15, 0.2) is 48.5 Å². The summed E-state index contributed by atoms with van der Waals surface area (Å²) >= 11 is 0. The minimum absolute atomic E-state index is 0. The smallest absolute Gasteiger partial charge is 0.410 e. The first-order valence-corrected chi connectivity index (χ1v) is 12.6. The number of rotatable bonds is 2. The van der Waals surface area contributed by atoms with Crippen molar-refractivity contribution in [2.75, 3.05) is 26.2 Å². The topological polar surface area (TPSA) is 89.2 Å². The van der Waals surface area contributed by atoms with Crippen molar-refractivity contribution >= 4 is 18.5 Å². The zero-order valence-electron chi connectivity index (χ0n) is 22.1. The Morgan fingerprint density at radius 1 is 0.842 bits per heavy atom. The van der Waals surface area contributed by atoms with E-state index < -0.39 is 23.0 Å². The molecular formula is C29H35ClF2N4O2. The van der Waals surface area contributed by atoms with Crippen molar-refractivity contribution in [1.82, 2.24) is 10.2 Å². The van der Waals surface area contributed by atoms with Crippen LogP contribution in [0, 0.1) is 22.7 Å². The van der Waals surface area contributed by atoms with Gasteiger partial charge in [0.1, 0.15) is 16.9 Å². The van der Waals surface area contributed by atoms with E-state index in [1.54, 1.807) is 53.4 Å². The largest absolute Gasteiger partial charge is 0.444 e. The van der Waals surface area contributed by atoms with Gasteiger partial charge in [-0.25, -0.2) is 13.6 Å². The molecule has 2 aliphatic heterocycles. The number of hydrogen-bond donors (Lipinski definition) is 1. The second-order valence-corrected chi connectivity index (χ2v) is 10.5. The van der Waals surface area contributed by atoms with Crippen LogP contribution in [0.1, 0.15) is 68.7 Å². The first-order valence-electron chi connectivity index (χ1n) is 12.6. The molecule has 0 saturated carbocycles. The quantitative estimate of drug-likeness (QED) is 0.480. The second-order valence-electron chi connectivity index (χ2n) is 10.5. The summed E-state index contributed by atoms with van der Waals surface area (Å²) < 4.78 is 34.8. The van der Waals surface area contributed by atoms with E-state index in [9.17, 15) is 9.18 Å². The molecule has 4 rings (SSSR count). The van der Waals surface area contributed by atoms with Crippen LogP contribution in [0.2, 0.25) is 0 Å². The molecule has 0 aliphatic carbocycles. The molecule has 2 fully saturated rings. The Morgan fingerprint density at radius 2 is 1.24 bits per heavy atom. The number of likely N-dealkylation sites (tertiary alicyclic amines) is 1. The van der Waals surface area contributed by atoms with Crippen LogP contribution < -0.4 is 5.32 Å². The van der Waals surface area contributed by atoms with Crippen LogP contribution in [-0.2, 0) is 16.1 Å². The molecule has 1 amide bonds. The van der Waals surface area contributed by atoms with E-state index in [0.29, 0.717) is 48.2 Å². The van der Waals surface area contributed by atoms with Crippen LogP contribution in [0.3, 0.4) is 0 Å². The zero-order valence-corrected chi connectivity index (χ0v) is 22.9. The molecule has 0 unspecified atom stereocenters. The number of halogens is 3. The summed E-state index contributed by atoms with van der Waals surface area (Å²) in [6.07, 6.45) is 1.10. The number of benzene rings is 2. The third kappa shape index (κ3) is 8.15. The highest BCUT2D eigenvalue weighted by atomic mass is 35.5. The SMILES string of the molecule is CC(C)(C)OC(=O)N1CCC(F)(c2ccc(C#N)cc2)CC1.Cl.N#Cc1ccc(C2(F)CCNCC2)cc1. The van der Waals surface area contributed by atoms with Crippen LogP contribution in [0.25, 0.3) is 0 Å². The Kier molecular flexibility index (Phi) is 10.6. The lowest BCUT2D eigenvalue weighted by Crippen LogP contribution is -2.45. The molecule has 2 aromatic carbocycles. The van der Waals surface area contributed by atoms with Gasteiger partial charge < -0.3 is 15.0 Å². The van der Waals surface area contributed by atoms with E-state index in [0.717, 1.165) is 13.1 Å². The highest BCUT2D eigenvalue weighted by molar-refractivity contribution is 5.85. The minimum atomic E-state index is -1.45. The van der Waals surface area contributed by atoms with Crippen LogP contribution in [0.4, 0.5) is 13.6 Å². The number of amides is 1. The molecule has 6 nitrogen and oxygen atoms in total.